The lowest BCUT2D eigenvalue weighted by molar-refractivity contribution is 0.0710. The molecule has 2 N–H and O–H groups in total. The molecule has 118 valence electrons. The van der Waals surface area contributed by atoms with E-state index in [0.717, 1.165) is 19.3 Å². The van der Waals surface area contributed by atoms with Crippen LogP contribution in [0.2, 0.25) is 0 Å². The van der Waals surface area contributed by atoms with Gasteiger partial charge in [0, 0.05) is 18.5 Å². The summed E-state index contributed by atoms with van der Waals surface area (Å²) >= 11 is 0. The molecule has 6 nitrogen and oxygen atoms in total. The number of aromatic nitrogens is 2. The summed E-state index contributed by atoms with van der Waals surface area (Å²) in [6.45, 7) is 2.66. The standard InChI is InChI=1S/C16H21N3O3/c1-2-3-6-9-19(10-11-20)16(22)14-15(21)12-7-4-5-8-13(12)17-18-14/h4-5,7-8,20H,2-3,6,9-11H2,1H3,(H,17,21). The number of aliphatic hydroxyl groups excluding tert-OH is 1. The highest BCUT2D eigenvalue weighted by atomic mass is 16.3. The molecular formula is C16H21N3O3. The number of H-pyrrole nitrogens is 1. The highest BCUT2D eigenvalue weighted by Gasteiger charge is 2.20. The lowest BCUT2D eigenvalue weighted by Crippen LogP contribution is -2.38. The van der Waals surface area contributed by atoms with Gasteiger partial charge in [-0.15, -0.1) is 0 Å². The van der Waals surface area contributed by atoms with Crippen LogP contribution in [0.4, 0.5) is 0 Å². The molecule has 1 aromatic heterocycles. The first-order valence-electron chi connectivity index (χ1n) is 7.56. The van der Waals surface area contributed by atoms with Crippen LogP contribution in [0, 0.1) is 0 Å². The maximum absolute atomic E-state index is 12.5. The molecular weight excluding hydrogens is 282 g/mol. The van der Waals surface area contributed by atoms with E-state index in [9.17, 15) is 9.59 Å². The minimum Gasteiger partial charge on any atom is -0.395 e. The number of benzene rings is 1. The predicted octanol–water partition coefficient (Wildman–Crippen LogP) is 1.55. The third-order valence-corrected chi connectivity index (χ3v) is 3.57. The Kier molecular flexibility index (Phi) is 5.66. The van der Waals surface area contributed by atoms with Crippen molar-refractivity contribution in [3.05, 3.63) is 40.2 Å². The van der Waals surface area contributed by atoms with E-state index >= 15 is 0 Å². The summed E-state index contributed by atoms with van der Waals surface area (Å²) in [6, 6.07) is 6.95. The first kappa shape index (κ1) is 16.2. The van der Waals surface area contributed by atoms with Crippen molar-refractivity contribution < 1.29 is 9.90 Å². The molecule has 0 aliphatic heterocycles. The monoisotopic (exact) mass is 303 g/mol. The molecule has 6 heteroatoms. The van der Waals surface area contributed by atoms with Gasteiger partial charge in [-0.3, -0.25) is 14.7 Å². The minimum atomic E-state index is -0.433. The van der Waals surface area contributed by atoms with E-state index in [-0.39, 0.29) is 24.3 Å². The van der Waals surface area contributed by atoms with Gasteiger partial charge in [0.1, 0.15) is 0 Å². The van der Waals surface area contributed by atoms with Crippen LogP contribution in [0.3, 0.4) is 0 Å². The number of rotatable bonds is 7. The molecule has 0 radical (unpaired) electrons. The summed E-state index contributed by atoms with van der Waals surface area (Å²) in [5.74, 6) is -0.433. The summed E-state index contributed by atoms with van der Waals surface area (Å²) in [4.78, 5) is 26.4. The number of carbonyl (C=O) groups excluding carboxylic acids is 1. The van der Waals surface area contributed by atoms with E-state index in [1.165, 1.54) is 4.90 Å². The summed E-state index contributed by atoms with van der Waals surface area (Å²) < 4.78 is 0. The van der Waals surface area contributed by atoms with Gasteiger partial charge in [0.25, 0.3) is 5.91 Å². The van der Waals surface area contributed by atoms with Crippen LogP contribution in [-0.4, -0.2) is 45.8 Å². The van der Waals surface area contributed by atoms with Crippen LogP contribution < -0.4 is 5.43 Å². The van der Waals surface area contributed by atoms with E-state index in [1.54, 1.807) is 24.3 Å². The average Bonchev–Trinajstić information content (AvgIpc) is 2.54. The van der Waals surface area contributed by atoms with E-state index in [0.29, 0.717) is 17.4 Å². The molecule has 0 aliphatic rings. The zero-order valence-electron chi connectivity index (χ0n) is 12.7. The SMILES string of the molecule is CCCCCN(CCO)C(=O)c1n[nH]c2ccccc2c1=O. The Morgan fingerprint density at radius 2 is 2.05 bits per heavy atom. The van der Waals surface area contributed by atoms with Crippen molar-refractivity contribution in [2.45, 2.75) is 26.2 Å². The molecule has 0 spiro atoms. The molecule has 0 fully saturated rings. The van der Waals surface area contributed by atoms with Gasteiger partial charge < -0.3 is 10.0 Å². The maximum Gasteiger partial charge on any atom is 0.278 e. The van der Waals surface area contributed by atoms with E-state index in [4.69, 9.17) is 5.11 Å². The highest BCUT2D eigenvalue weighted by Crippen LogP contribution is 2.07. The molecule has 0 atom stereocenters. The summed E-state index contributed by atoms with van der Waals surface area (Å²) in [6.07, 6.45) is 2.88. The molecule has 1 aromatic carbocycles. The van der Waals surface area contributed by atoms with E-state index < -0.39 is 5.91 Å². The maximum atomic E-state index is 12.5. The Morgan fingerprint density at radius 3 is 2.77 bits per heavy atom. The van der Waals surface area contributed by atoms with Crippen molar-refractivity contribution in [3.8, 4) is 0 Å². The van der Waals surface area contributed by atoms with Crippen molar-refractivity contribution in [1.82, 2.24) is 15.1 Å². The van der Waals surface area contributed by atoms with Crippen molar-refractivity contribution >= 4 is 16.8 Å². The Bertz CT molecular complexity index is 696. The van der Waals surface area contributed by atoms with Crippen molar-refractivity contribution in [1.29, 1.82) is 0 Å². The molecule has 1 amide bonds. The Balaban J connectivity index is 2.30. The number of nitrogens with zero attached hydrogens (tertiary/aromatic N) is 2. The summed E-state index contributed by atoms with van der Waals surface area (Å²) in [7, 11) is 0. The second-order valence-electron chi connectivity index (χ2n) is 5.17. The molecule has 2 aromatic rings. The van der Waals surface area contributed by atoms with E-state index in [2.05, 4.69) is 17.1 Å². The van der Waals surface area contributed by atoms with Gasteiger partial charge >= 0.3 is 0 Å². The van der Waals surface area contributed by atoms with Gasteiger partial charge in [0.15, 0.2) is 5.69 Å². The predicted molar refractivity (Wildman–Crippen MR) is 84.9 cm³/mol. The van der Waals surface area contributed by atoms with E-state index in [1.807, 2.05) is 0 Å². The number of amides is 1. The zero-order valence-corrected chi connectivity index (χ0v) is 12.7. The van der Waals surface area contributed by atoms with Gasteiger partial charge in [-0.25, -0.2) is 0 Å². The fourth-order valence-electron chi connectivity index (χ4n) is 2.36. The van der Waals surface area contributed by atoms with Gasteiger partial charge in [0.2, 0.25) is 5.43 Å². The van der Waals surface area contributed by atoms with Crippen LogP contribution in [0.15, 0.2) is 29.1 Å². The molecule has 0 unspecified atom stereocenters. The molecule has 0 bridgehead atoms. The zero-order chi connectivity index (χ0) is 15.9. The average molecular weight is 303 g/mol. The Hall–Kier alpha value is -2.21. The quantitative estimate of drug-likeness (QED) is 0.760. The number of aromatic amines is 1. The van der Waals surface area contributed by atoms with Gasteiger partial charge in [0.05, 0.1) is 12.1 Å². The van der Waals surface area contributed by atoms with Gasteiger partial charge in [-0.05, 0) is 18.6 Å². The first-order valence-corrected chi connectivity index (χ1v) is 7.56. The number of unbranched alkanes of at least 4 members (excludes halogenated alkanes) is 2. The topological polar surface area (TPSA) is 86.3 Å². The lowest BCUT2D eigenvalue weighted by atomic mass is 10.2. The van der Waals surface area contributed by atoms with Gasteiger partial charge in [-0.1, -0.05) is 31.9 Å². The summed E-state index contributed by atoms with van der Waals surface area (Å²) in [5, 5.41) is 16.2. The van der Waals surface area contributed by atoms with Crippen LogP contribution in [0.25, 0.3) is 10.9 Å². The van der Waals surface area contributed by atoms with Crippen LogP contribution >= 0.6 is 0 Å². The number of fused-ring (bicyclic) bond motifs is 1. The molecule has 1 heterocycles. The van der Waals surface area contributed by atoms with Gasteiger partial charge in [-0.2, -0.15) is 5.10 Å². The smallest absolute Gasteiger partial charge is 0.278 e. The van der Waals surface area contributed by atoms with Crippen molar-refractivity contribution in [2.75, 3.05) is 19.7 Å². The van der Waals surface area contributed by atoms with Crippen molar-refractivity contribution in [3.63, 3.8) is 0 Å². The molecule has 0 aliphatic carbocycles. The van der Waals surface area contributed by atoms with Crippen molar-refractivity contribution in [2.24, 2.45) is 0 Å². The largest absolute Gasteiger partial charge is 0.395 e. The minimum absolute atomic E-state index is 0.122. The third-order valence-electron chi connectivity index (χ3n) is 3.57. The second-order valence-corrected chi connectivity index (χ2v) is 5.17. The third kappa shape index (κ3) is 3.51. The molecule has 0 saturated heterocycles. The number of hydrogen-bond donors (Lipinski definition) is 2. The molecule has 0 saturated carbocycles. The number of aliphatic hydroxyl groups is 1. The number of nitrogens with one attached hydrogen (secondary N) is 1. The second kappa shape index (κ2) is 7.70. The van der Waals surface area contributed by atoms with Crippen LogP contribution in [0.5, 0.6) is 0 Å². The molecule has 22 heavy (non-hydrogen) atoms. The first-order chi connectivity index (χ1) is 10.7. The number of carbonyl (C=O) groups is 1. The fourth-order valence-corrected chi connectivity index (χ4v) is 2.36. The van der Waals surface area contributed by atoms with Crippen LogP contribution in [0.1, 0.15) is 36.7 Å². The Labute approximate surface area is 128 Å². The molecule has 2 rings (SSSR count). The lowest BCUT2D eigenvalue weighted by Gasteiger charge is -2.20. The summed E-state index contributed by atoms with van der Waals surface area (Å²) in [5.41, 5.74) is 0.102. The van der Waals surface area contributed by atoms with Crippen LogP contribution in [-0.2, 0) is 0 Å². The normalized spacial score (nSPS) is 10.8. The number of para-hydroxylation sites is 1. The number of hydrogen-bond acceptors (Lipinski definition) is 4. The highest BCUT2D eigenvalue weighted by molar-refractivity contribution is 5.95. The fraction of sp³-hybridized carbons (Fsp3) is 0.438. The Morgan fingerprint density at radius 1 is 1.27 bits per heavy atom.